The fourth-order valence-electron chi connectivity index (χ4n) is 2.41. The van der Waals surface area contributed by atoms with Crippen LogP contribution in [0.4, 0.5) is 0 Å². The molecule has 0 aromatic heterocycles. The molecule has 0 fully saturated rings. The second kappa shape index (κ2) is 4.65. The van der Waals surface area contributed by atoms with E-state index in [0.717, 1.165) is 12.7 Å². The monoisotopic (exact) mass is 238 g/mol. The van der Waals surface area contributed by atoms with Gasteiger partial charge in [-0.25, -0.2) is 0 Å². The van der Waals surface area contributed by atoms with Crippen LogP contribution in [0.25, 0.3) is 0 Å². The maximum atomic E-state index is 10.9. The Morgan fingerprint density at radius 3 is 2.72 bits per heavy atom. The third-order valence-corrected chi connectivity index (χ3v) is 3.45. The predicted octanol–water partition coefficient (Wildman–Crippen LogP) is 3.22. The third kappa shape index (κ3) is 1.90. The molecule has 1 atom stereocenters. The summed E-state index contributed by atoms with van der Waals surface area (Å²) in [6.45, 7) is 0.641. The molecule has 0 radical (unpaired) electrons. The second-order valence-corrected chi connectivity index (χ2v) is 4.57. The number of carbonyl (C=O) groups excluding carboxylic acids is 1. The minimum absolute atomic E-state index is 0.459. The van der Waals surface area contributed by atoms with Gasteiger partial charge in [-0.15, -0.1) is 0 Å². The quantitative estimate of drug-likeness (QED) is 0.764. The van der Waals surface area contributed by atoms with Crippen LogP contribution < -0.4 is 4.74 Å². The number of para-hydroxylation sites is 1. The van der Waals surface area contributed by atoms with Gasteiger partial charge in [0.15, 0.2) is 6.29 Å². The highest BCUT2D eigenvalue weighted by Gasteiger charge is 2.25. The first-order chi connectivity index (χ1) is 8.88. The fourth-order valence-corrected chi connectivity index (χ4v) is 2.41. The summed E-state index contributed by atoms with van der Waals surface area (Å²) in [6.07, 6.45) is 1.91. The maximum Gasteiger partial charge on any atom is 0.153 e. The smallest absolute Gasteiger partial charge is 0.153 e. The first-order valence-corrected chi connectivity index (χ1v) is 6.13. The molecule has 2 aromatic carbocycles. The van der Waals surface area contributed by atoms with Gasteiger partial charge in [0.1, 0.15) is 5.75 Å². The van der Waals surface area contributed by atoms with Crippen molar-refractivity contribution in [1.82, 2.24) is 0 Å². The fraction of sp³-hybridized carbons (Fsp3) is 0.188. The normalized spacial score (nSPS) is 16.6. The van der Waals surface area contributed by atoms with Crippen LogP contribution >= 0.6 is 0 Å². The molecule has 2 heteroatoms. The van der Waals surface area contributed by atoms with E-state index in [1.807, 2.05) is 18.2 Å². The van der Waals surface area contributed by atoms with Gasteiger partial charge >= 0.3 is 0 Å². The molecule has 0 aliphatic heterocycles. The zero-order valence-corrected chi connectivity index (χ0v) is 10.0. The van der Waals surface area contributed by atoms with Crippen LogP contribution in [0.1, 0.15) is 27.4 Å². The lowest BCUT2D eigenvalue weighted by Crippen LogP contribution is -2.23. The molecule has 0 heterocycles. The molecule has 1 aliphatic carbocycles. The molecule has 2 nitrogen and oxygen atoms in total. The molecule has 1 unspecified atom stereocenters. The van der Waals surface area contributed by atoms with Crippen LogP contribution in [0.5, 0.6) is 5.75 Å². The first-order valence-electron chi connectivity index (χ1n) is 6.13. The number of benzene rings is 2. The summed E-state index contributed by atoms with van der Waals surface area (Å²) < 4.78 is 5.76. The molecule has 18 heavy (non-hydrogen) atoms. The molecule has 0 N–H and O–H groups in total. The van der Waals surface area contributed by atoms with E-state index in [2.05, 4.69) is 24.3 Å². The summed E-state index contributed by atoms with van der Waals surface area (Å²) in [5, 5.41) is 0. The van der Waals surface area contributed by atoms with Crippen molar-refractivity contribution < 1.29 is 9.53 Å². The second-order valence-electron chi connectivity index (χ2n) is 4.57. The molecule has 2 aromatic rings. The molecule has 0 bridgehead atoms. The van der Waals surface area contributed by atoms with Gasteiger partial charge in [-0.3, -0.25) is 4.79 Å². The van der Waals surface area contributed by atoms with Crippen molar-refractivity contribution in [1.29, 1.82) is 0 Å². The molecule has 90 valence electrons. The summed E-state index contributed by atoms with van der Waals surface area (Å²) in [7, 11) is 0. The molecular weight excluding hydrogens is 224 g/mol. The maximum absolute atomic E-state index is 10.9. The Kier molecular flexibility index (Phi) is 2.85. The zero-order valence-electron chi connectivity index (χ0n) is 10.0. The number of fused-ring (bicyclic) bond motifs is 1. The molecule has 3 rings (SSSR count). The van der Waals surface area contributed by atoms with Crippen molar-refractivity contribution >= 4 is 6.29 Å². The predicted molar refractivity (Wildman–Crippen MR) is 70.2 cm³/mol. The molecular formula is C16H14O2. The summed E-state index contributed by atoms with van der Waals surface area (Å²) in [5.74, 6) is 1.14. The minimum Gasteiger partial charge on any atom is -0.492 e. The van der Waals surface area contributed by atoms with Gasteiger partial charge in [-0.05, 0) is 29.7 Å². The summed E-state index contributed by atoms with van der Waals surface area (Å²) >= 11 is 0. The van der Waals surface area contributed by atoms with Crippen LogP contribution in [0, 0.1) is 0 Å². The summed E-state index contributed by atoms with van der Waals surface area (Å²) in [4.78, 5) is 10.9. The van der Waals surface area contributed by atoms with E-state index in [-0.39, 0.29) is 0 Å². The van der Waals surface area contributed by atoms with Crippen LogP contribution in [0.3, 0.4) is 0 Å². The summed E-state index contributed by atoms with van der Waals surface area (Å²) in [5.41, 5.74) is 3.40. The van der Waals surface area contributed by atoms with E-state index in [1.54, 1.807) is 6.07 Å². The number of hydrogen-bond acceptors (Lipinski definition) is 2. The molecule has 0 saturated carbocycles. The average molecular weight is 238 g/mol. The van der Waals surface area contributed by atoms with Crippen molar-refractivity contribution in [3.05, 3.63) is 65.2 Å². The van der Waals surface area contributed by atoms with Crippen molar-refractivity contribution in [3.63, 3.8) is 0 Å². The third-order valence-electron chi connectivity index (χ3n) is 3.45. The molecule has 0 spiro atoms. The van der Waals surface area contributed by atoms with Gasteiger partial charge in [0.05, 0.1) is 12.2 Å². The minimum atomic E-state index is 0.459. The lowest BCUT2D eigenvalue weighted by Gasteiger charge is -2.30. The van der Waals surface area contributed by atoms with E-state index in [1.165, 1.54) is 11.1 Å². The molecule has 0 amide bonds. The standard InChI is InChI=1S/C16H14O2/c17-10-13-6-2-4-8-16(13)18-11-14-9-12-5-1-3-7-15(12)14/h1-8,10,14H,9,11H2. The van der Waals surface area contributed by atoms with E-state index in [9.17, 15) is 4.79 Å². The van der Waals surface area contributed by atoms with Crippen LogP contribution in [-0.4, -0.2) is 12.9 Å². The largest absolute Gasteiger partial charge is 0.492 e. The van der Waals surface area contributed by atoms with Gasteiger partial charge in [0.25, 0.3) is 0 Å². The van der Waals surface area contributed by atoms with Gasteiger partial charge in [-0.1, -0.05) is 36.4 Å². The Hall–Kier alpha value is -2.09. The van der Waals surface area contributed by atoms with Gasteiger partial charge in [0, 0.05) is 5.92 Å². The number of hydrogen-bond donors (Lipinski definition) is 0. The van der Waals surface area contributed by atoms with E-state index in [4.69, 9.17) is 4.74 Å². The van der Waals surface area contributed by atoms with Crippen molar-refractivity contribution in [2.75, 3.05) is 6.61 Å². The van der Waals surface area contributed by atoms with E-state index < -0.39 is 0 Å². The van der Waals surface area contributed by atoms with Crippen molar-refractivity contribution in [2.24, 2.45) is 0 Å². The number of rotatable bonds is 4. The number of carbonyl (C=O) groups is 1. The van der Waals surface area contributed by atoms with Gasteiger partial charge < -0.3 is 4.74 Å². The Morgan fingerprint density at radius 1 is 1.11 bits per heavy atom. The zero-order chi connectivity index (χ0) is 12.4. The first kappa shape index (κ1) is 11.0. The Labute approximate surface area is 106 Å². The van der Waals surface area contributed by atoms with E-state index >= 15 is 0 Å². The average Bonchev–Trinajstić information content (AvgIpc) is 2.40. The van der Waals surface area contributed by atoms with Crippen molar-refractivity contribution in [3.8, 4) is 5.75 Å². The summed E-state index contributed by atoms with van der Waals surface area (Å²) in [6, 6.07) is 15.8. The highest BCUT2D eigenvalue weighted by Crippen LogP contribution is 2.35. The van der Waals surface area contributed by atoms with E-state index in [0.29, 0.717) is 23.8 Å². The highest BCUT2D eigenvalue weighted by atomic mass is 16.5. The lowest BCUT2D eigenvalue weighted by atomic mass is 9.78. The highest BCUT2D eigenvalue weighted by molar-refractivity contribution is 5.79. The number of ether oxygens (including phenoxy) is 1. The SMILES string of the molecule is O=Cc1ccccc1OCC1Cc2ccccc21. The number of aldehydes is 1. The van der Waals surface area contributed by atoms with Gasteiger partial charge in [0.2, 0.25) is 0 Å². The Balaban J connectivity index is 1.68. The molecule has 0 saturated heterocycles. The van der Waals surface area contributed by atoms with Crippen LogP contribution in [0.15, 0.2) is 48.5 Å². The topological polar surface area (TPSA) is 26.3 Å². The Bertz CT molecular complexity index is 575. The lowest BCUT2D eigenvalue weighted by molar-refractivity contribution is 0.111. The molecule has 1 aliphatic rings. The Morgan fingerprint density at radius 2 is 1.89 bits per heavy atom. The van der Waals surface area contributed by atoms with Crippen LogP contribution in [-0.2, 0) is 6.42 Å². The van der Waals surface area contributed by atoms with Crippen molar-refractivity contribution in [2.45, 2.75) is 12.3 Å². The van der Waals surface area contributed by atoms with Gasteiger partial charge in [-0.2, -0.15) is 0 Å². The van der Waals surface area contributed by atoms with Crippen LogP contribution in [0.2, 0.25) is 0 Å².